The molecule has 1 aliphatic heterocycles. The van der Waals surface area contributed by atoms with Gasteiger partial charge in [0, 0.05) is 17.1 Å². The Hall–Kier alpha value is -2.60. The maximum absolute atomic E-state index is 6.19. The average molecular weight is 367 g/mol. The lowest BCUT2D eigenvalue weighted by atomic mass is 9.79. The van der Waals surface area contributed by atoms with Crippen LogP contribution >= 0.6 is 0 Å². The van der Waals surface area contributed by atoms with Gasteiger partial charge in [-0.3, -0.25) is 4.98 Å². The van der Waals surface area contributed by atoms with Crippen LogP contribution in [0.3, 0.4) is 0 Å². The molecule has 6 nitrogen and oxygen atoms in total. The molecule has 27 heavy (non-hydrogen) atoms. The largest absolute Gasteiger partial charge is 0.397 e. The van der Waals surface area contributed by atoms with Gasteiger partial charge in [0.25, 0.3) is 0 Å². The van der Waals surface area contributed by atoms with Gasteiger partial charge in [-0.25, -0.2) is 4.98 Å². The second-order valence-corrected chi connectivity index (χ2v) is 8.63. The fraction of sp³-hybridized carbons (Fsp3) is 0.429. The molecular weight excluding hydrogens is 336 g/mol. The summed E-state index contributed by atoms with van der Waals surface area (Å²) in [6.45, 7) is 8.88. The summed E-state index contributed by atoms with van der Waals surface area (Å²) in [7, 11) is 0. The van der Waals surface area contributed by atoms with Gasteiger partial charge in [0.1, 0.15) is 5.69 Å². The molecule has 6 heteroatoms. The van der Waals surface area contributed by atoms with E-state index >= 15 is 0 Å². The van der Waals surface area contributed by atoms with E-state index in [-0.39, 0.29) is 11.1 Å². The molecule has 0 spiro atoms. The Kier molecular flexibility index (Phi) is 5.11. The Bertz CT molecular complexity index is 865. The van der Waals surface area contributed by atoms with Crippen molar-refractivity contribution in [1.82, 2.24) is 20.6 Å². The van der Waals surface area contributed by atoms with Crippen LogP contribution in [0.2, 0.25) is 0 Å². The molecule has 2 heterocycles. The first-order valence-electron chi connectivity index (χ1n) is 9.35. The van der Waals surface area contributed by atoms with E-state index in [4.69, 9.17) is 11.5 Å². The standard InChI is InChI=1S/C21H30N6/c1-20(2)11-14(12-21(3,4)27-20)25-19(23)10-9-15(22)18-13-24-16-7-5-6-8-17(16)26-18/h5-10,13-14,25,27H,11-12,22-23H2,1-4H3/b15-9-,19-10+. The van der Waals surface area contributed by atoms with E-state index in [9.17, 15) is 0 Å². The van der Waals surface area contributed by atoms with Gasteiger partial charge in [-0.1, -0.05) is 12.1 Å². The predicted molar refractivity (Wildman–Crippen MR) is 111 cm³/mol. The molecule has 144 valence electrons. The van der Waals surface area contributed by atoms with E-state index in [1.54, 1.807) is 18.3 Å². The summed E-state index contributed by atoms with van der Waals surface area (Å²) in [5, 5.41) is 7.10. The zero-order valence-corrected chi connectivity index (χ0v) is 16.6. The van der Waals surface area contributed by atoms with Gasteiger partial charge in [-0.05, 0) is 64.8 Å². The molecule has 1 fully saturated rings. The normalized spacial score (nSPS) is 20.6. The van der Waals surface area contributed by atoms with Gasteiger partial charge < -0.3 is 22.1 Å². The summed E-state index contributed by atoms with van der Waals surface area (Å²) in [4.78, 5) is 8.95. The number of nitrogens with zero attached hydrogens (tertiary/aromatic N) is 2. The highest BCUT2D eigenvalue weighted by Crippen LogP contribution is 2.28. The molecule has 0 bridgehead atoms. The number of benzene rings is 1. The molecule has 0 amide bonds. The number of para-hydroxylation sites is 2. The number of fused-ring (bicyclic) bond motifs is 1. The second-order valence-electron chi connectivity index (χ2n) is 8.63. The minimum absolute atomic E-state index is 0.0647. The third-order valence-corrected chi connectivity index (χ3v) is 4.75. The molecule has 1 saturated heterocycles. The summed E-state index contributed by atoms with van der Waals surface area (Å²) in [5.74, 6) is 0.602. The van der Waals surface area contributed by atoms with Crippen molar-refractivity contribution in [2.24, 2.45) is 11.5 Å². The summed E-state index contributed by atoms with van der Waals surface area (Å²) < 4.78 is 0. The van der Waals surface area contributed by atoms with E-state index < -0.39 is 0 Å². The Labute approximate surface area is 161 Å². The minimum Gasteiger partial charge on any atom is -0.397 e. The molecule has 6 N–H and O–H groups in total. The average Bonchev–Trinajstić information content (AvgIpc) is 2.56. The summed E-state index contributed by atoms with van der Waals surface area (Å²) >= 11 is 0. The van der Waals surface area contributed by atoms with Gasteiger partial charge in [-0.2, -0.15) is 0 Å². The SMILES string of the molecule is CC1(C)CC(N/C(N)=C/C=C(\N)c2cnc3ccccc3n2)CC(C)(C)N1. The van der Waals surface area contributed by atoms with Crippen molar-refractivity contribution in [2.75, 3.05) is 0 Å². The minimum atomic E-state index is 0.0647. The first-order valence-corrected chi connectivity index (χ1v) is 9.35. The molecule has 0 atom stereocenters. The molecule has 3 rings (SSSR count). The van der Waals surface area contributed by atoms with Crippen LogP contribution in [0.1, 0.15) is 46.2 Å². The zero-order valence-electron chi connectivity index (χ0n) is 16.6. The summed E-state index contributed by atoms with van der Waals surface area (Å²) in [5.41, 5.74) is 15.3. The Morgan fingerprint density at radius 2 is 1.70 bits per heavy atom. The zero-order chi connectivity index (χ0) is 19.7. The van der Waals surface area contributed by atoms with Crippen LogP contribution in [0.25, 0.3) is 16.7 Å². The number of nitrogens with one attached hydrogen (secondary N) is 2. The lowest BCUT2D eigenvalue weighted by molar-refractivity contribution is 0.151. The molecule has 0 saturated carbocycles. The van der Waals surface area contributed by atoms with Gasteiger partial charge in [0.05, 0.1) is 28.7 Å². The molecule has 0 radical (unpaired) electrons. The summed E-state index contributed by atoms with van der Waals surface area (Å²) in [6.07, 6.45) is 7.26. The van der Waals surface area contributed by atoms with Gasteiger partial charge in [0.15, 0.2) is 0 Å². The second kappa shape index (κ2) is 7.19. The maximum Gasteiger partial charge on any atom is 0.105 e. The van der Waals surface area contributed by atoms with Crippen molar-refractivity contribution in [3.05, 3.63) is 54.1 Å². The van der Waals surface area contributed by atoms with Gasteiger partial charge >= 0.3 is 0 Å². The molecule has 1 aromatic heterocycles. The molecule has 0 unspecified atom stereocenters. The number of aromatic nitrogens is 2. The third kappa shape index (κ3) is 4.98. The van der Waals surface area contributed by atoms with E-state index in [0.29, 0.717) is 23.3 Å². The highest BCUT2D eigenvalue weighted by atomic mass is 15.1. The molecular formula is C21H30N6. The van der Waals surface area contributed by atoms with Crippen LogP contribution in [-0.4, -0.2) is 27.1 Å². The van der Waals surface area contributed by atoms with Crippen LogP contribution in [0.15, 0.2) is 48.4 Å². The Morgan fingerprint density at radius 1 is 1.07 bits per heavy atom. The van der Waals surface area contributed by atoms with E-state index in [1.165, 1.54) is 0 Å². The number of piperidine rings is 1. The van der Waals surface area contributed by atoms with E-state index in [0.717, 1.165) is 23.9 Å². The highest BCUT2D eigenvalue weighted by molar-refractivity contribution is 5.76. The van der Waals surface area contributed by atoms with Crippen molar-refractivity contribution in [2.45, 2.75) is 57.7 Å². The van der Waals surface area contributed by atoms with E-state index in [2.05, 4.69) is 48.3 Å². The van der Waals surface area contributed by atoms with Crippen LogP contribution in [0.4, 0.5) is 0 Å². The number of allylic oxidation sites excluding steroid dienone is 2. The van der Waals surface area contributed by atoms with Crippen molar-refractivity contribution in [1.29, 1.82) is 0 Å². The van der Waals surface area contributed by atoms with Crippen LogP contribution in [0, 0.1) is 0 Å². The van der Waals surface area contributed by atoms with Crippen LogP contribution in [0.5, 0.6) is 0 Å². The fourth-order valence-corrected chi connectivity index (χ4v) is 4.07. The first-order chi connectivity index (χ1) is 12.6. The maximum atomic E-state index is 6.19. The fourth-order valence-electron chi connectivity index (χ4n) is 4.07. The first kappa shape index (κ1) is 19.2. The summed E-state index contributed by atoms with van der Waals surface area (Å²) in [6, 6.07) is 8.03. The van der Waals surface area contributed by atoms with Crippen molar-refractivity contribution in [3.8, 4) is 0 Å². The quantitative estimate of drug-likeness (QED) is 0.621. The predicted octanol–water partition coefficient (Wildman–Crippen LogP) is 2.63. The van der Waals surface area contributed by atoms with Crippen LogP contribution < -0.4 is 22.1 Å². The number of hydrogen-bond donors (Lipinski definition) is 4. The molecule has 2 aromatic rings. The highest BCUT2D eigenvalue weighted by Gasteiger charge is 2.37. The smallest absolute Gasteiger partial charge is 0.105 e. The lowest BCUT2D eigenvalue weighted by Crippen LogP contribution is -2.61. The number of rotatable bonds is 4. The lowest BCUT2D eigenvalue weighted by Gasteiger charge is -2.46. The molecule has 1 aromatic carbocycles. The third-order valence-electron chi connectivity index (χ3n) is 4.75. The van der Waals surface area contributed by atoms with Gasteiger partial charge in [-0.15, -0.1) is 0 Å². The van der Waals surface area contributed by atoms with Crippen molar-refractivity contribution >= 4 is 16.7 Å². The topological polar surface area (TPSA) is 102 Å². The Balaban J connectivity index is 1.71. The van der Waals surface area contributed by atoms with Crippen molar-refractivity contribution in [3.63, 3.8) is 0 Å². The molecule has 1 aliphatic rings. The van der Waals surface area contributed by atoms with Gasteiger partial charge in [0.2, 0.25) is 0 Å². The van der Waals surface area contributed by atoms with Crippen molar-refractivity contribution < 1.29 is 0 Å². The van der Waals surface area contributed by atoms with Crippen LogP contribution in [-0.2, 0) is 0 Å². The Morgan fingerprint density at radius 3 is 2.37 bits per heavy atom. The number of nitrogens with two attached hydrogens (primary N) is 2. The molecule has 0 aliphatic carbocycles. The van der Waals surface area contributed by atoms with E-state index in [1.807, 2.05) is 24.3 Å². The number of hydrogen-bond acceptors (Lipinski definition) is 6. The monoisotopic (exact) mass is 366 g/mol.